The van der Waals surface area contributed by atoms with Crippen LogP contribution in [0.4, 0.5) is 5.95 Å². The summed E-state index contributed by atoms with van der Waals surface area (Å²) < 4.78 is 16.4. The molecule has 0 atom stereocenters. The molecule has 7 nitrogen and oxygen atoms in total. The fraction of sp³-hybridized carbons (Fsp3) is 0.100. The Morgan fingerprint density at radius 2 is 1.67 bits per heavy atom. The van der Waals surface area contributed by atoms with Crippen molar-refractivity contribution >= 4 is 16.9 Å². The first-order valence-electron chi connectivity index (χ1n) is 8.18. The minimum Gasteiger partial charge on any atom is -0.504 e. The summed E-state index contributed by atoms with van der Waals surface area (Å²) in [6, 6.07) is 14.3. The van der Waals surface area contributed by atoms with Crippen LogP contribution < -0.4 is 15.2 Å². The highest BCUT2D eigenvalue weighted by Crippen LogP contribution is 2.39. The van der Waals surface area contributed by atoms with Gasteiger partial charge in [0.1, 0.15) is 11.3 Å². The first-order valence-corrected chi connectivity index (χ1v) is 8.18. The van der Waals surface area contributed by atoms with Crippen molar-refractivity contribution in [2.24, 2.45) is 0 Å². The molecule has 0 aliphatic heterocycles. The maximum Gasteiger partial charge on any atom is 0.221 e. The van der Waals surface area contributed by atoms with Gasteiger partial charge in [-0.05, 0) is 36.4 Å². The van der Waals surface area contributed by atoms with Gasteiger partial charge in [0.2, 0.25) is 5.95 Å². The molecule has 4 aromatic rings. The highest BCUT2D eigenvalue weighted by molar-refractivity contribution is 5.91. The van der Waals surface area contributed by atoms with Crippen LogP contribution in [0.5, 0.6) is 17.2 Å². The van der Waals surface area contributed by atoms with E-state index in [0.29, 0.717) is 33.9 Å². The number of nitrogen functional groups attached to an aromatic ring is 1. The number of nitrogens with two attached hydrogens (primary N) is 1. The highest BCUT2D eigenvalue weighted by Gasteiger charge is 2.18. The van der Waals surface area contributed by atoms with Gasteiger partial charge in [0, 0.05) is 5.56 Å². The van der Waals surface area contributed by atoms with Gasteiger partial charge in [-0.2, -0.15) is 0 Å². The summed E-state index contributed by atoms with van der Waals surface area (Å²) >= 11 is 0. The zero-order valence-corrected chi connectivity index (χ0v) is 14.8. The number of hydrogen-bond donors (Lipinski definition) is 2. The lowest BCUT2D eigenvalue weighted by molar-refractivity contribution is 0.355. The molecule has 0 fully saturated rings. The van der Waals surface area contributed by atoms with E-state index in [4.69, 9.17) is 19.6 Å². The quantitative estimate of drug-likeness (QED) is 0.567. The molecule has 0 amide bonds. The molecule has 0 bridgehead atoms. The number of aromatic hydroxyl groups is 1. The lowest BCUT2D eigenvalue weighted by atomic mass is 10.1. The SMILES string of the molecule is COc1ccc(-c2cc(-c3oc4ccccc4c3O)nc(N)n2)cc1OC. The van der Waals surface area contributed by atoms with Crippen LogP contribution in [0.15, 0.2) is 52.9 Å². The summed E-state index contributed by atoms with van der Waals surface area (Å²) in [4.78, 5) is 8.51. The fourth-order valence-electron chi connectivity index (χ4n) is 2.93. The van der Waals surface area contributed by atoms with E-state index < -0.39 is 0 Å². The number of furan rings is 1. The standard InChI is InChI=1S/C20H17N3O4/c1-25-16-8-7-11(9-17(16)26-2)13-10-14(23-20(21)22-13)19-18(24)12-5-3-4-6-15(12)27-19/h3-10,24H,1-2H3,(H2,21,22,23). The van der Waals surface area contributed by atoms with Crippen LogP contribution >= 0.6 is 0 Å². The second kappa shape index (κ2) is 6.53. The maximum absolute atomic E-state index is 10.5. The molecule has 3 N–H and O–H groups in total. The third kappa shape index (κ3) is 2.89. The molecule has 2 aromatic carbocycles. The first-order chi connectivity index (χ1) is 13.1. The molecule has 2 aromatic heterocycles. The van der Waals surface area contributed by atoms with Crippen molar-refractivity contribution in [3.8, 4) is 40.0 Å². The summed E-state index contributed by atoms with van der Waals surface area (Å²) in [5, 5.41) is 11.1. The van der Waals surface area contributed by atoms with Crippen LogP contribution in [-0.2, 0) is 0 Å². The molecule has 0 saturated heterocycles. The fourth-order valence-corrected chi connectivity index (χ4v) is 2.93. The number of hydrogen-bond acceptors (Lipinski definition) is 7. The number of methoxy groups -OCH3 is 2. The maximum atomic E-state index is 10.5. The smallest absolute Gasteiger partial charge is 0.221 e. The van der Waals surface area contributed by atoms with Gasteiger partial charge in [0.25, 0.3) is 0 Å². The Morgan fingerprint density at radius 1 is 0.926 bits per heavy atom. The Balaban J connectivity index is 1.85. The minimum absolute atomic E-state index is 0.0157. The van der Waals surface area contributed by atoms with Crippen molar-refractivity contribution in [1.82, 2.24) is 9.97 Å². The van der Waals surface area contributed by atoms with E-state index in [1.807, 2.05) is 18.2 Å². The number of rotatable bonds is 4. The normalized spacial score (nSPS) is 10.9. The van der Waals surface area contributed by atoms with E-state index in [-0.39, 0.29) is 17.5 Å². The number of nitrogens with zero attached hydrogens (tertiary/aromatic N) is 2. The third-order valence-corrected chi connectivity index (χ3v) is 4.22. The molecule has 0 aliphatic carbocycles. The largest absolute Gasteiger partial charge is 0.504 e. The van der Waals surface area contributed by atoms with E-state index in [9.17, 15) is 5.11 Å². The van der Waals surface area contributed by atoms with Crippen LogP contribution in [-0.4, -0.2) is 29.3 Å². The summed E-state index contributed by atoms with van der Waals surface area (Å²) in [6.45, 7) is 0. The molecule has 2 heterocycles. The van der Waals surface area contributed by atoms with Gasteiger partial charge in [0.15, 0.2) is 23.0 Å². The van der Waals surface area contributed by atoms with Gasteiger partial charge < -0.3 is 24.7 Å². The van der Waals surface area contributed by atoms with E-state index in [1.165, 1.54) is 0 Å². The molecule has 0 aliphatic rings. The topological polar surface area (TPSA) is 104 Å². The van der Waals surface area contributed by atoms with Crippen LogP contribution in [0.1, 0.15) is 0 Å². The third-order valence-electron chi connectivity index (χ3n) is 4.22. The summed E-state index contributed by atoms with van der Waals surface area (Å²) in [5.74, 6) is 1.50. The molecular formula is C20H17N3O4. The number of para-hydroxylation sites is 1. The van der Waals surface area contributed by atoms with E-state index in [0.717, 1.165) is 5.56 Å². The molecule has 27 heavy (non-hydrogen) atoms. The number of anilines is 1. The average Bonchev–Trinajstić information content (AvgIpc) is 3.04. The Kier molecular flexibility index (Phi) is 4.04. The van der Waals surface area contributed by atoms with E-state index in [2.05, 4.69) is 9.97 Å². The summed E-state index contributed by atoms with van der Waals surface area (Å²) in [7, 11) is 3.14. The number of fused-ring (bicyclic) bond motifs is 1. The van der Waals surface area contributed by atoms with Crippen molar-refractivity contribution in [1.29, 1.82) is 0 Å². The number of aromatic nitrogens is 2. The second-order valence-corrected chi connectivity index (χ2v) is 5.84. The Labute approximate surface area is 155 Å². The van der Waals surface area contributed by atoms with Gasteiger partial charge in [-0.1, -0.05) is 12.1 Å². The predicted octanol–water partition coefficient (Wildman–Crippen LogP) is 3.86. The number of ether oxygens (including phenoxy) is 2. The Hall–Kier alpha value is -3.74. The lowest BCUT2D eigenvalue weighted by Crippen LogP contribution is -1.99. The van der Waals surface area contributed by atoms with Crippen molar-refractivity contribution < 1.29 is 19.0 Å². The predicted molar refractivity (Wildman–Crippen MR) is 102 cm³/mol. The molecule has 136 valence electrons. The molecule has 0 unspecified atom stereocenters. The van der Waals surface area contributed by atoms with E-state index in [1.54, 1.807) is 44.6 Å². The van der Waals surface area contributed by atoms with Crippen molar-refractivity contribution in [3.63, 3.8) is 0 Å². The van der Waals surface area contributed by atoms with Gasteiger partial charge >= 0.3 is 0 Å². The average molecular weight is 363 g/mol. The van der Waals surface area contributed by atoms with Crippen LogP contribution in [0.3, 0.4) is 0 Å². The summed E-state index contributed by atoms with van der Waals surface area (Å²) in [6.07, 6.45) is 0. The van der Waals surface area contributed by atoms with Crippen molar-refractivity contribution in [2.45, 2.75) is 0 Å². The lowest BCUT2D eigenvalue weighted by Gasteiger charge is -2.10. The molecule has 0 saturated carbocycles. The van der Waals surface area contributed by atoms with Gasteiger partial charge in [-0.15, -0.1) is 0 Å². The first kappa shape index (κ1) is 16.7. The van der Waals surface area contributed by atoms with E-state index >= 15 is 0 Å². The van der Waals surface area contributed by atoms with Crippen molar-refractivity contribution in [3.05, 3.63) is 48.5 Å². The van der Waals surface area contributed by atoms with Crippen molar-refractivity contribution in [2.75, 3.05) is 20.0 Å². The van der Waals surface area contributed by atoms with Gasteiger partial charge in [-0.3, -0.25) is 0 Å². The monoisotopic (exact) mass is 363 g/mol. The molecule has 4 rings (SSSR count). The van der Waals surface area contributed by atoms with Crippen LogP contribution in [0.25, 0.3) is 33.7 Å². The van der Waals surface area contributed by atoms with Crippen LogP contribution in [0, 0.1) is 0 Å². The second-order valence-electron chi connectivity index (χ2n) is 5.84. The highest BCUT2D eigenvalue weighted by atomic mass is 16.5. The van der Waals surface area contributed by atoms with Gasteiger partial charge in [-0.25, -0.2) is 9.97 Å². The van der Waals surface area contributed by atoms with Crippen LogP contribution in [0.2, 0.25) is 0 Å². The zero-order valence-electron chi connectivity index (χ0n) is 14.8. The summed E-state index contributed by atoms with van der Waals surface area (Å²) in [5.41, 5.74) is 8.19. The molecule has 7 heteroatoms. The molecular weight excluding hydrogens is 346 g/mol. The number of benzene rings is 2. The van der Waals surface area contributed by atoms with Gasteiger partial charge in [0.05, 0.1) is 25.3 Å². The Bertz CT molecular complexity index is 1140. The molecule has 0 spiro atoms. The molecule has 0 radical (unpaired) electrons. The Morgan fingerprint density at radius 3 is 2.41 bits per heavy atom. The zero-order chi connectivity index (χ0) is 19.0. The minimum atomic E-state index is 0.0157.